The van der Waals surface area contributed by atoms with Crippen LogP contribution >= 0.6 is 0 Å². The monoisotopic (exact) mass is 375 g/mol. The second-order valence-electron chi connectivity index (χ2n) is 6.90. The van der Waals surface area contributed by atoms with Crippen LogP contribution in [0.4, 0.5) is 0 Å². The smallest absolute Gasteiger partial charge is 0.270 e. The predicted molar refractivity (Wildman–Crippen MR) is 104 cm³/mol. The summed E-state index contributed by atoms with van der Waals surface area (Å²) in [6.45, 7) is 6.03. The molecule has 0 aliphatic heterocycles. The Morgan fingerprint density at radius 2 is 1.93 bits per heavy atom. The van der Waals surface area contributed by atoms with E-state index in [0.717, 1.165) is 16.9 Å². The van der Waals surface area contributed by atoms with E-state index in [-0.39, 0.29) is 17.9 Å². The molecule has 0 saturated heterocycles. The predicted octanol–water partition coefficient (Wildman–Crippen LogP) is 2.92. The molecule has 0 fully saturated rings. The number of para-hydroxylation sites is 1. The van der Waals surface area contributed by atoms with Gasteiger partial charge in [-0.15, -0.1) is 0 Å². The molecule has 3 aromatic heterocycles. The van der Waals surface area contributed by atoms with Crippen molar-refractivity contribution in [2.75, 3.05) is 0 Å². The third-order valence-electron chi connectivity index (χ3n) is 4.61. The molecule has 142 valence electrons. The molecule has 1 atom stereocenters. The maximum atomic E-state index is 12.9. The fourth-order valence-electron chi connectivity index (χ4n) is 3.18. The largest absolute Gasteiger partial charge is 0.344 e. The Balaban J connectivity index is 1.64. The van der Waals surface area contributed by atoms with Crippen LogP contribution in [0.2, 0.25) is 0 Å². The third-order valence-corrected chi connectivity index (χ3v) is 4.61. The minimum absolute atomic E-state index is 0.178. The van der Waals surface area contributed by atoms with E-state index in [0.29, 0.717) is 11.5 Å². The van der Waals surface area contributed by atoms with Gasteiger partial charge in [0.1, 0.15) is 12.0 Å². The lowest BCUT2D eigenvalue weighted by atomic mass is 10.1. The molecule has 1 amide bonds. The van der Waals surface area contributed by atoms with Crippen LogP contribution in [0.1, 0.15) is 54.5 Å². The lowest BCUT2D eigenvalue weighted by Gasteiger charge is -2.18. The maximum Gasteiger partial charge on any atom is 0.270 e. The molecule has 28 heavy (non-hydrogen) atoms. The average molecular weight is 375 g/mol. The number of rotatable bonds is 5. The fraction of sp³-hybridized carbons (Fsp3) is 0.250. The summed E-state index contributed by atoms with van der Waals surface area (Å²) in [6.07, 6.45) is 5.05. The van der Waals surface area contributed by atoms with E-state index < -0.39 is 0 Å². The van der Waals surface area contributed by atoms with Crippen molar-refractivity contribution < 1.29 is 4.79 Å². The number of carbonyl (C=O) groups excluding carboxylic acids is 1. The highest BCUT2D eigenvalue weighted by Gasteiger charge is 2.19. The maximum absolute atomic E-state index is 12.9. The van der Waals surface area contributed by atoms with Crippen LogP contribution in [-0.2, 0) is 0 Å². The zero-order valence-electron chi connectivity index (χ0n) is 15.9. The molecule has 8 nitrogen and oxygen atoms in total. The van der Waals surface area contributed by atoms with Crippen LogP contribution in [0.3, 0.4) is 0 Å². The molecule has 0 bridgehead atoms. The van der Waals surface area contributed by atoms with Gasteiger partial charge in [0.25, 0.3) is 11.7 Å². The van der Waals surface area contributed by atoms with Gasteiger partial charge in [0.15, 0.2) is 0 Å². The molecule has 4 rings (SSSR count). The number of nitrogens with one attached hydrogen (secondary N) is 1. The number of hydrogen-bond acceptors (Lipinski definition) is 5. The molecule has 8 heteroatoms. The Labute approximate surface area is 162 Å². The molecule has 0 spiro atoms. The van der Waals surface area contributed by atoms with Crippen molar-refractivity contribution in [2.24, 2.45) is 0 Å². The first-order valence-electron chi connectivity index (χ1n) is 9.15. The summed E-state index contributed by atoms with van der Waals surface area (Å²) in [5.41, 5.74) is 3.10. The number of benzene rings is 1. The number of hydrogen-bond donors (Lipinski definition) is 1. The van der Waals surface area contributed by atoms with Crippen molar-refractivity contribution >= 4 is 11.7 Å². The first-order chi connectivity index (χ1) is 13.5. The minimum Gasteiger partial charge on any atom is -0.344 e. The van der Waals surface area contributed by atoms with Gasteiger partial charge in [-0.3, -0.25) is 4.79 Å². The Morgan fingerprint density at radius 1 is 1.11 bits per heavy atom. The molecule has 4 aromatic rings. The Kier molecular flexibility index (Phi) is 4.60. The number of nitrogens with zero attached hydrogens (tertiary/aromatic N) is 6. The van der Waals surface area contributed by atoms with E-state index in [9.17, 15) is 4.79 Å². The van der Waals surface area contributed by atoms with Crippen molar-refractivity contribution in [3.8, 4) is 5.69 Å². The van der Waals surface area contributed by atoms with Gasteiger partial charge < -0.3 is 5.32 Å². The summed E-state index contributed by atoms with van der Waals surface area (Å²) in [6, 6.07) is 11.3. The van der Waals surface area contributed by atoms with Crippen LogP contribution in [0.25, 0.3) is 11.5 Å². The van der Waals surface area contributed by atoms with Crippen LogP contribution in [0, 0.1) is 0 Å². The van der Waals surface area contributed by atoms with Crippen LogP contribution in [0.15, 0.2) is 55.1 Å². The molecular formula is C20H21N7O. The van der Waals surface area contributed by atoms with E-state index in [1.807, 2.05) is 57.3 Å². The zero-order valence-corrected chi connectivity index (χ0v) is 15.9. The molecule has 0 aliphatic rings. The second-order valence-corrected chi connectivity index (χ2v) is 6.90. The van der Waals surface area contributed by atoms with Crippen molar-refractivity contribution in [1.29, 1.82) is 0 Å². The molecule has 3 heterocycles. The van der Waals surface area contributed by atoms with Gasteiger partial charge in [-0.2, -0.15) is 15.2 Å². The average Bonchev–Trinajstić information content (AvgIpc) is 3.38. The Hall–Kier alpha value is -3.55. The first kappa shape index (κ1) is 17.8. The van der Waals surface area contributed by atoms with Crippen LogP contribution < -0.4 is 5.32 Å². The first-order valence-corrected chi connectivity index (χ1v) is 9.15. The Bertz CT molecular complexity index is 1110. The number of aromatic nitrogens is 6. The van der Waals surface area contributed by atoms with Gasteiger partial charge in [-0.25, -0.2) is 14.2 Å². The summed E-state index contributed by atoms with van der Waals surface area (Å²) >= 11 is 0. The number of carbonyl (C=O) groups is 1. The number of fused-ring (bicyclic) bond motifs is 1. The normalized spacial score (nSPS) is 12.4. The standard InChI is InChI=1S/C20H21N7O/c1-13(2)18-11-16(25-20-21-12-23-27(18)20)19(28)24-14(3)15-7-4-5-8-17(15)26-10-6-9-22-26/h4-14H,1-3H3,(H,24,28). The lowest BCUT2D eigenvalue weighted by molar-refractivity contribution is 0.0934. The van der Waals surface area contributed by atoms with Gasteiger partial charge in [0.2, 0.25) is 0 Å². The van der Waals surface area contributed by atoms with Crippen molar-refractivity contribution in [2.45, 2.75) is 32.7 Å². The summed E-state index contributed by atoms with van der Waals surface area (Å²) < 4.78 is 3.45. The molecule has 1 unspecified atom stereocenters. The van der Waals surface area contributed by atoms with E-state index in [2.05, 4.69) is 25.5 Å². The summed E-state index contributed by atoms with van der Waals surface area (Å²) in [4.78, 5) is 21.4. The summed E-state index contributed by atoms with van der Waals surface area (Å²) in [5.74, 6) is 0.341. The number of amides is 1. The molecule has 0 aliphatic carbocycles. The molecule has 0 saturated carbocycles. The van der Waals surface area contributed by atoms with Gasteiger partial charge in [0.05, 0.1) is 17.4 Å². The van der Waals surface area contributed by atoms with Crippen LogP contribution in [0.5, 0.6) is 0 Å². The molecular weight excluding hydrogens is 354 g/mol. The summed E-state index contributed by atoms with van der Waals surface area (Å²) in [7, 11) is 0. The van der Waals surface area contributed by atoms with Crippen molar-refractivity contribution in [3.63, 3.8) is 0 Å². The van der Waals surface area contributed by atoms with E-state index in [1.165, 1.54) is 6.33 Å². The highest BCUT2D eigenvalue weighted by molar-refractivity contribution is 5.93. The SMILES string of the molecule is CC(C)c1cc(C(=O)NC(C)c2ccccc2-n2cccn2)nc2ncnn12. The lowest BCUT2D eigenvalue weighted by Crippen LogP contribution is -2.28. The third kappa shape index (κ3) is 3.24. The second kappa shape index (κ2) is 7.22. The zero-order chi connectivity index (χ0) is 19.7. The van der Waals surface area contributed by atoms with Crippen molar-refractivity contribution in [1.82, 2.24) is 34.7 Å². The Morgan fingerprint density at radius 3 is 2.68 bits per heavy atom. The van der Waals surface area contributed by atoms with Gasteiger partial charge >= 0.3 is 0 Å². The molecule has 1 aromatic carbocycles. The quantitative estimate of drug-likeness (QED) is 0.579. The minimum atomic E-state index is -0.254. The van der Waals surface area contributed by atoms with Crippen LogP contribution in [-0.4, -0.2) is 35.3 Å². The fourth-order valence-corrected chi connectivity index (χ4v) is 3.18. The summed E-state index contributed by atoms with van der Waals surface area (Å²) in [5, 5.41) is 11.5. The highest BCUT2D eigenvalue weighted by atomic mass is 16.1. The molecule has 0 radical (unpaired) electrons. The van der Waals surface area contributed by atoms with Gasteiger partial charge in [-0.05, 0) is 36.6 Å². The van der Waals surface area contributed by atoms with Gasteiger partial charge in [0, 0.05) is 12.4 Å². The van der Waals surface area contributed by atoms with E-state index in [1.54, 1.807) is 21.5 Å². The van der Waals surface area contributed by atoms with E-state index in [4.69, 9.17) is 0 Å². The van der Waals surface area contributed by atoms with E-state index >= 15 is 0 Å². The topological polar surface area (TPSA) is 90.0 Å². The van der Waals surface area contributed by atoms with Crippen molar-refractivity contribution in [3.05, 3.63) is 72.1 Å². The van der Waals surface area contributed by atoms with Gasteiger partial charge in [-0.1, -0.05) is 32.0 Å². The highest BCUT2D eigenvalue weighted by Crippen LogP contribution is 2.22. The molecule has 1 N–H and O–H groups in total.